The quantitative estimate of drug-likeness (QED) is 0.119. The van der Waals surface area contributed by atoms with Gasteiger partial charge in [-0.1, -0.05) is 38.5 Å². The number of nitrogens with two attached hydrogens (primary N) is 1. The number of unbranched alkanes of at least 4 members (excludes halogenated alkanes) is 2. The van der Waals surface area contributed by atoms with Crippen LogP contribution in [0.1, 0.15) is 92.6 Å². The second-order valence-electron chi connectivity index (χ2n) is 10.7. The van der Waals surface area contributed by atoms with Crippen LogP contribution in [-0.2, 0) is 0 Å². The van der Waals surface area contributed by atoms with Crippen molar-refractivity contribution in [1.29, 1.82) is 0 Å². The Labute approximate surface area is 225 Å². The van der Waals surface area contributed by atoms with E-state index in [1.54, 1.807) is 29.7 Å². The molecule has 2 saturated carbocycles. The number of hydrogen-bond acceptors (Lipinski definition) is 4. The van der Waals surface area contributed by atoms with Crippen LogP contribution >= 0.6 is 22.7 Å². The molecule has 4 nitrogen and oxygen atoms in total. The van der Waals surface area contributed by atoms with Gasteiger partial charge in [-0.3, -0.25) is 9.79 Å². The first-order valence-corrected chi connectivity index (χ1v) is 15.2. The minimum absolute atomic E-state index is 0.133. The highest BCUT2D eigenvalue weighted by Crippen LogP contribution is 2.57. The molecule has 2 fully saturated rings. The number of carbonyl (C=O) groups is 1. The molecule has 4 atom stereocenters. The van der Waals surface area contributed by atoms with Crippen LogP contribution in [0.3, 0.4) is 0 Å². The van der Waals surface area contributed by atoms with Crippen LogP contribution in [0.15, 0.2) is 29.3 Å². The third-order valence-corrected chi connectivity index (χ3v) is 10.6. The molecule has 0 bridgehead atoms. The van der Waals surface area contributed by atoms with Gasteiger partial charge in [-0.2, -0.15) is 0 Å². The summed E-state index contributed by atoms with van der Waals surface area (Å²) in [5, 5.41) is 3.31. The topological polar surface area (TPSA) is 67.5 Å². The Bertz CT molecular complexity index is 1120. The third-order valence-electron chi connectivity index (χ3n) is 8.33. The number of Topliss-reactive ketones (excluding diaryl/α,β-unsaturated/α-hetero) is 1. The zero-order valence-electron chi connectivity index (χ0n) is 22.1. The van der Waals surface area contributed by atoms with Crippen molar-refractivity contribution in [2.75, 3.05) is 13.6 Å². The van der Waals surface area contributed by atoms with E-state index in [0.29, 0.717) is 17.7 Å². The number of guanidine groups is 1. The minimum atomic E-state index is 0.133. The van der Waals surface area contributed by atoms with E-state index in [-0.39, 0.29) is 11.3 Å². The van der Waals surface area contributed by atoms with Gasteiger partial charge in [-0.25, -0.2) is 0 Å². The maximum absolute atomic E-state index is 14.0. The minimum Gasteiger partial charge on any atom is -0.370 e. The average molecular weight is 524 g/mol. The van der Waals surface area contributed by atoms with E-state index in [1.165, 1.54) is 54.7 Å². The Hall–Kier alpha value is -2.10. The van der Waals surface area contributed by atoms with Crippen LogP contribution in [0.2, 0.25) is 0 Å². The van der Waals surface area contributed by atoms with Gasteiger partial charge in [0.1, 0.15) is 0 Å². The summed E-state index contributed by atoms with van der Waals surface area (Å²) in [4.78, 5) is 22.5. The molecule has 194 valence electrons. The van der Waals surface area contributed by atoms with Crippen molar-refractivity contribution in [3.63, 3.8) is 0 Å². The monoisotopic (exact) mass is 523 g/mol. The highest BCUT2D eigenvalue weighted by molar-refractivity contribution is 7.23. The van der Waals surface area contributed by atoms with E-state index in [2.05, 4.69) is 53.3 Å². The smallest absolute Gasteiger partial charge is 0.188 e. The molecule has 2 aliphatic rings. The van der Waals surface area contributed by atoms with Crippen molar-refractivity contribution in [2.45, 2.75) is 78.1 Å². The van der Waals surface area contributed by atoms with Crippen LogP contribution in [0.4, 0.5) is 0 Å². The van der Waals surface area contributed by atoms with Gasteiger partial charge in [-0.15, -0.1) is 28.6 Å². The Morgan fingerprint density at radius 2 is 1.89 bits per heavy atom. The van der Waals surface area contributed by atoms with Gasteiger partial charge in [0.25, 0.3) is 0 Å². The summed E-state index contributed by atoms with van der Waals surface area (Å²) in [6.07, 6.45) is 12.1. The molecule has 6 heteroatoms. The van der Waals surface area contributed by atoms with E-state index < -0.39 is 0 Å². The third kappa shape index (κ3) is 6.23. The van der Waals surface area contributed by atoms with Gasteiger partial charge >= 0.3 is 0 Å². The summed E-state index contributed by atoms with van der Waals surface area (Å²) in [6.45, 7) is 5.00. The van der Waals surface area contributed by atoms with Crippen molar-refractivity contribution in [3.8, 4) is 21.6 Å². The fraction of sp³-hybridized carbons (Fsp3) is 0.600. The Kier molecular flexibility index (Phi) is 9.30. The van der Waals surface area contributed by atoms with Crippen LogP contribution in [0.5, 0.6) is 0 Å². The number of hydrogen-bond donors (Lipinski definition) is 2. The van der Waals surface area contributed by atoms with Gasteiger partial charge in [0.05, 0.1) is 9.75 Å². The summed E-state index contributed by atoms with van der Waals surface area (Å²) in [6, 6.07) is 8.41. The summed E-state index contributed by atoms with van der Waals surface area (Å²) in [7, 11) is 1.72. The largest absolute Gasteiger partial charge is 0.370 e. The van der Waals surface area contributed by atoms with Gasteiger partial charge in [0.2, 0.25) is 0 Å². The van der Waals surface area contributed by atoms with E-state index in [0.717, 1.165) is 41.5 Å². The van der Waals surface area contributed by atoms with Crippen LogP contribution in [-0.4, -0.2) is 25.3 Å². The van der Waals surface area contributed by atoms with Crippen molar-refractivity contribution >= 4 is 34.4 Å². The number of carbonyl (C=O) groups excluding carboxylic acids is 1. The predicted molar refractivity (Wildman–Crippen MR) is 155 cm³/mol. The molecule has 36 heavy (non-hydrogen) atoms. The molecule has 2 aromatic rings. The van der Waals surface area contributed by atoms with Crippen LogP contribution in [0.25, 0.3) is 9.75 Å². The van der Waals surface area contributed by atoms with Crippen molar-refractivity contribution < 1.29 is 4.79 Å². The first kappa shape index (κ1) is 26.9. The fourth-order valence-corrected chi connectivity index (χ4v) is 8.58. The van der Waals surface area contributed by atoms with Gasteiger partial charge < -0.3 is 11.1 Å². The van der Waals surface area contributed by atoms with E-state index in [1.807, 2.05) is 6.92 Å². The lowest BCUT2D eigenvalue weighted by atomic mass is 9.60. The molecular weight excluding hydrogens is 482 g/mol. The predicted octanol–water partition coefficient (Wildman–Crippen LogP) is 7.35. The second kappa shape index (κ2) is 12.4. The van der Waals surface area contributed by atoms with Gasteiger partial charge in [0, 0.05) is 29.3 Å². The SMILES string of the molecule is CC#Cc1ccc(-c2ccc(C(=O)[C@H]3CC[C@H](CNC(N)=NC)C[C@@]34CC[C@@H](CCCCC)C4)s2)s1. The normalized spacial score (nSPS) is 26.1. The number of aliphatic imine (C=N–C) groups is 1. The molecule has 4 rings (SSSR count). The molecule has 0 unspecified atom stereocenters. The zero-order valence-corrected chi connectivity index (χ0v) is 23.7. The van der Waals surface area contributed by atoms with Crippen molar-refractivity contribution in [2.24, 2.45) is 33.9 Å². The lowest BCUT2D eigenvalue weighted by Gasteiger charge is -2.44. The van der Waals surface area contributed by atoms with Crippen molar-refractivity contribution in [3.05, 3.63) is 34.0 Å². The number of nitrogens with one attached hydrogen (secondary N) is 1. The molecule has 0 radical (unpaired) electrons. The average Bonchev–Trinajstić information content (AvgIpc) is 3.63. The molecular formula is C30H41N3OS2. The molecule has 2 heterocycles. The first-order chi connectivity index (χ1) is 17.5. The number of rotatable bonds is 9. The molecule has 0 aliphatic heterocycles. The molecule has 0 saturated heterocycles. The molecule has 1 spiro atoms. The summed E-state index contributed by atoms with van der Waals surface area (Å²) in [5.41, 5.74) is 6.06. The maximum Gasteiger partial charge on any atom is 0.188 e. The second-order valence-corrected chi connectivity index (χ2v) is 12.9. The molecule has 2 aromatic heterocycles. The van der Waals surface area contributed by atoms with Crippen molar-refractivity contribution in [1.82, 2.24) is 5.32 Å². The Morgan fingerprint density at radius 3 is 2.67 bits per heavy atom. The standard InChI is InChI=1S/C30H41N3OS2/c1-4-6-7-9-21-16-17-30(18-21)19-22(20-33-29(31)32-3)10-12-24(30)28(34)27-15-14-26(36-27)25-13-11-23(35-25)8-5-2/h11,13-15,21-22,24H,4,6-7,9-10,12,16-20H2,1-3H3,(H3,31,32,33)/t21-,22+,24-,30+/m1/s1. The highest BCUT2D eigenvalue weighted by Gasteiger charge is 2.51. The molecule has 0 amide bonds. The lowest BCUT2D eigenvalue weighted by Crippen LogP contribution is -2.44. The van der Waals surface area contributed by atoms with Crippen LogP contribution in [0, 0.1) is 35.0 Å². The highest BCUT2D eigenvalue weighted by atomic mass is 32.1. The molecule has 0 aromatic carbocycles. The Morgan fingerprint density at radius 1 is 1.11 bits per heavy atom. The van der Waals surface area contributed by atoms with Gasteiger partial charge in [0.15, 0.2) is 11.7 Å². The number of thiophene rings is 2. The molecule has 2 aliphatic carbocycles. The van der Waals surface area contributed by atoms with Gasteiger partial charge in [-0.05, 0) is 87.0 Å². The zero-order chi connectivity index (χ0) is 25.5. The maximum atomic E-state index is 14.0. The summed E-state index contributed by atoms with van der Waals surface area (Å²) in [5.74, 6) is 8.47. The van der Waals surface area contributed by atoms with E-state index in [4.69, 9.17) is 5.73 Å². The summed E-state index contributed by atoms with van der Waals surface area (Å²) < 4.78 is 0. The number of nitrogens with zero attached hydrogens (tertiary/aromatic N) is 1. The fourth-order valence-electron chi connectivity index (χ4n) is 6.58. The van der Waals surface area contributed by atoms with Crippen LogP contribution < -0.4 is 11.1 Å². The number of ketones is 1. The Balaban J connectivity index is 1.51. The molecule has 3 N–H and O–H groups in total. The first-order valence-electron chi connectivity index (χ1n) is 13.6. The van der Waals surface area contributed by atoms with E-state index >= 15 is 0 Å². The summed E-state index contributed by atoms with van der Waals surface area (Å²) >= 11 is 3.37. The lowest BCUT2D eigenvalue weighted by molar-refractivity contribution is 0.0455. The van der Waals surface area contributed by atoms with E-state index in [9.17, 15) is 4.79 Å².